The Morgan fingerprint density at radius 3 is 2.09 bits per heavy atom. The third-order valence-corrected chi connectivity index (χ3v) is 3.98. The maximum atomic E-state index is 12.0. The van der Waals surface area contributed by atoms with Crippen LogP contribution in [0.3, 0.4) is 0 Å². The van der Waals surface area contributed by atoms with Crippen LogP contribution in [0.4, 0.5) is 5.82 Å². The Bertz CT molecular complexity index is 897. The number of nitriles is 2. The van der Waals surface area contributed by atoms with Gasteiger partial charge in [-0.1, -0.05) is 0 Å². The molecule has 3 N–H and O–H groups in total. The molecule has 0 saturated carbocycles. The standard InChI is InChI=1S/C15H11BrN4O3/c1-22-10-3-7(4-11(23-2)13(10)16)12-8(5-17)14(19)20-15(21)9(12)6-18/h3-4H,1-2H3,(H3,19,20,21). The number of nitrogens with zero attached hydrogens (tertiary/aromatic N) is 2. The highest BCUT2D eigenvalue weighted by Gasteiger charge is 2.20. The van der Waals surface area contributed by atoms with E-state index in [1.807, 2.05) is 12.1 Å². The number of ether oxygens (including phenoxy) is 2. The lowest BCUT2D eigenvalue weighted by atomic mass is 9.96. The van der Waals surface area contributed by atoms with Gasteiger partial charge in [-0.15, -0.1) is 0 Å². The van der Waals surface area contributed by atoms with Gasteiger partial charge < -0.3 is 20.2 Å². The summed E-state index contributed by atoms with van der Waals surface area (Å²) in [6.45, 7) is 0. The molecule has 0 aliphatic carbocycles. The summed E-state index contributed by atoms with van der Waals surface area (Å²) in [4.78, 5) is 14.3. The summed E-state index contributed by atoms with van der Waals surface area (Å²) in [6.07, 6.45) is 0. The van der Waals surface area contributed by atoms with Gasteiger partial charge in [0.2, 0.25) is 0 Å². The van der Waals surface area contributed by atoms with E-state index in [1.54, 1.807) is 12.1 Å². The summed E-state index contributed by atoms with van der Waals surface area (Å²) in [5.41, 5.74) is 5.39. The molecule has 23 heavy (non-hydrogen) atoms. The van der Waals surface area contributed by atoms with Gasteiger partial charge in [0.15, 0.2) is 0 Å². The zero-order valence-corrected chi connectivity index (χ0v) is 13.8. The Balaban J connectivity index is 2.96. The predicted octanol–water partition coefficient (Wildman–Crippen LogP) is 2.15. The van der Waals surface area contributed by atoms with Gasteiger partial charge in [0.1, 0.15) is 45.1 Å². The molecule has 2 aromatic rings. The third-order valence-electron chi connectivity index (χ3n) is 3.20. The highest BCUT2D eigenvalue weighted by atomic mass is 79.9. The second kappa shape index (κ2) is 6.42. The van der Waals surface area contributed by atoms with Crippen molar-refractivity contribution in [3.05, 3.63) is 38.1 Å². The molecule has 0 spiro atoms. The van der Waals surface area contributed by atoms with Crippen molar-refractivity contribution < 1.29 is 9.47 Å². The number of nitrogens with one attached hydrogen (secondary N) is 1. The lowest BCUT2D eigenvalue weighted by Crippen LogP contribution is -2.16. The number of rotatable bonds is 3. The van der Waals surface area contributed by atoms with Crippen LogP contribution in [0.2, 0.25) is 0 Å². The number of aromatic amines is 1. The van der Waals surface area contributed by atoms with Crippen LogP contribution >= 0.6 is 15.9 Å². The maximum Gasteiger partial charge on any atom is 0.268 e. The largest absolute Gasteiger partial charge is 0.495 e. The molecule has 8 heteroatoms. The molecule has 1 aromatic heterocycles. The molecule has 0 aliphatic heterocycles. The summed E-state index contributed by atoms with van der Waals surface area (Å²) in [6, 6.07) is 6.90. The number of methoxy groups -OCH3 is 2. The fourth-order valence-corrected chi connectivity index (χ4v) is 2.70. The molecule has 7 nitrogen and oxygen atoms in total. The molecular formula is C15H11BrN4O3. The van der Waals surface area contributed by atoms with Gasteiger partial charge in [-0.25, -0.2) is 0 Å². The van der Waals surface area contributed by atoms with E-state index in [1.165, 1.54) is 14.2 Å². The first-order valence-electron chi connectivity index (χ1n) is 6.26. The van der Waals surface area contributed by atoms with Crippen LogP contribution in [0.15, 0.2) is 21.4 Å². The molecule has 0 radical (unpaired) electrons. The number of nitrogen functional groups attached to an aromatic ring is 1. The van der Waals surface area contributed by atoms with Gasteiger partial charge in [-0.2, -0.15) is 10.5 Å². The Morgan fingerprint density at radius 1 is 1.13 bits per heavy atom. The number of nitrogens with two attached hydrogens (primary N) is 1. The minimum absolute atomic E-state index is 0.00702. The third kappa shape index (κ3) is 2.72. The summed E-state index contributed by atoms with van der Waals surface area (Å²) in [5, 5.41) is 18.6. The van der Waals surface area contributed by atoms with E-state index < -0.39 is 5.56 Å². The SMILES string of the molecule is COc1cc(-c2c(C#N)c(N)[nH]c(=O)c2C#N)cc(OC)c1Br. The summed E-state index contributed by atoms with van der Waals surface area (Å²) in [5.74, 6) is 0.740. The van der Waals surface area contributed by atoms with Crippen molar-refractivity contribution >= 4 is 21.7 Å². The average Bonchev–Trinajstić information content (AvgIpc) is 2.54. The number of halogens is 1. The van der Waals surface area contributed by atoms with E-state index in [0.29, 0.717) is 21.5 Å². The minimum atomic E-state index is -0.667. The number of aromatic nitrogens is 1. The van der Waals surface area contributed by atoms with E-state index in [0.717, 1.165) is 0 Å². The summed E-state index contributed by atoms with van der Waals surface area (Å²) >= 11 is 3.34. The van der Waals surface area contributed by atoms with Gasteiger partial charge in [-0.05, 0) is 33.6 Å². The van der Waals surface area contributed by atoms with E-state index >= 15 is 0 Å². The number of H-pyrrole nitrogens is 1. The molecule has 0 atom stereocenters. The lowest BCUT2D eigenvalue weighted by Gasteiger charge is -2.14. The van der Waals surface area contributed by atoms with Crippen molar-refractivity contribution in [2.75, 3.05) is 20.0 Å². The molecule has 0 unspecified atom stereocenters. The van der Waals surface area contributed by atoms with E-state index in [2.05, 4.69) is 20.9 Å². The lowest BCUT2D eigenvalue weighted by molar-refractivity contribution is 0.390. The summed E-state index contributed by atoms with van der Waals surface area (Å²) in [7, 11) is 2.93. The van der Waals surface area contributed by atoms with Crippen LogP contribution in [0.25, 0.3) is 11.1 Å². The smallest absolute Gasteiger partial charge is 0.268 e. The molecule has 0 aliphatic rings. The molecule has 1 aromatic carbocycles. The van der Waals surface area contributed by atoms with E-state index in [9.17, 15) is 15.3 Å². The Labute approximate surface area is 140 Å². The topological polar surface area (TPSA) is 125 Å². The molecule has 116 valence electrons. The van der Waals surface area contributed by atoms with E-state index in [4.69, 9.17) is 15.2 Å². The van der Waals surface area contributed by atoms with Gasteiger partial charge in [-0.3, -0.25) is 4.79 Å². The van der Waals surface area contributed by atoms with E-state index in [-0.39, 0.29) is 22.5 Å². The predicted molar refractivity (Wildman–Crippen MR) is 87.1 cm³/mol. The molecule has 2 rings (SSSR count). The van der Waals surface area contributed by atoms with Crippen molar-refractivity contribution in [1.29, 1.82) is 10.5 Å². The first-order chi connectivity index (χ1) is 11.0. The Hall–Kier alpha value is -2.97. The van der Waals surface area contributed by atoms with Gasteiger partial charge in [0.05, 0.1) is 14.2 Å². The first-order valence-corrected chi connectivity index (χ1v) is 7.05. The fourth-order valence-electron chi connectivity index (χ4n) is 2.15. The zero-order chi connectivity index (χ0) is 17.1. The number of pyridine rings is 1. The van der Waals surface area contributed by atoms with Gasteiger partial charge in [0, 0.05) is 5.56 Å². The molecule has 0 bridgehead atoms. The average molecular weight is 375 g/mol. The van der Waals surface area contributed by atoms with Crippen LogP contribution in [-0.2, 0) is 0 Å². The first kappa shape index (κ1) is 16.4. The quantitative estimate of drug-likeness (QED) is 0.847. The monoisotopic (exact) mass is 374 g/mol. The highest BCUT2D eigenvalue weighted by Crippen LogP contribution is 2.40. The Kier molecular flexibility index (Phi) is 4.58. The molecule has 0 fully saturated rings. The van der Waals surface area contributed by atoms with Gasteiger partial charge >= 0.3 is 0 Å². The maximum absolute atomic E-state index is 12.0. The molecule has 0 saturated heterocycles. The second-order valence-corrected chi connectivity index (χ2v) is 5.20. The van der Waals surface area contributed by atoms with Crippen LogP contribution in [0.5, 0.6) is 11.5 Å². The van der Waals surface area contributed by atoms with Crippen molar-refractivity contribution in [1.82, 2.24) is 4.98 Å². The molecule has 0 amide bonds. The fraction of sp³-hybridized carbons (Fsp3) is 0.133. The van der Waals surface area contributed by atoms with Gasteiger partial charge in [0.25, 0.3) is 5.56 Å². The van der Waals surface area contributed by atoms with Crippen LogP contribution in [-0.4, -0.2) is 19.2 Å². The molecular weight excluding hydrogens is 364 g/mol. The van der Waals surface area contributed by atoms with Crippen LogP contribution in [0.1, 0.15) is 11.1 Å². The van der Waals surface area contributed by atoms with Crippen LogP contribution in [0, 0.1) is 22.7 Å². The van der Waals surface area contributed by atoms with Crippen molar-refractivity contribution in [2.24, 2.45) is 0 Å². The normalized spacial score (nSPS) is 9.78. The molecule has 1 heterocycles. The number of hydrogen-bond donors (Lipinski definition) is 2. The van der Waals surface area contributed by atoms with Crippen LogP contribution < -0.4 is 20.8 Å². The van der Waals surface area contributed by atoms with Crippen molar-refractivity contribution in [2.45, 2.75) is 0 Å². The minimum Gasteiger partial charge on any atom is -0.495 e. The summed E-state index contributed by atoms with van der Waals surface area (Å²) < 4.78 is 11.1. The zero-order valence-electron chi connectivity index (χ0n) is 12.2. The second-order valence-electron chi connectivity index (χ2n) is 4.41. The number of benzene rings is 1. The number of anilines is 1. The Morgan fingerprint density at radius 2 is 1.65 bits per heavy atom. The van der Waals surface area contributed by atoms with Crippen molar-refractivity contribution in [3.63, 3.8) is 0 Å². The van der Waals surface area contributed by atoms with Crippen molar-refractivity contribution in [3.8, 4) is 34.8 Å². The highest BCUT2D eigenvalue weighted by molar-refractivity contribution is 9.10. The number of hydrogen-bond acceptors (Lipinski definition) is 6.